The van der Waals surface area contributed by atoms with Crippen LogP contribution in [0.5, 0.6) is 5.75 Å². The fraction of sp³-hybridized carbons (Fsp3) is 0.355. The van der Waals surface area contributed by atoms with Crippen LogP contribution in [0.3, 0.4) is 0 Å². The average Bonchev–Trinajstić information content (AvgIpc) is 3.21. The molecule has 4 rings (SSSR count). The third-order valence-corrected chi connectivity index (χ3v) is 6.38. The van der Waals surface area contributed by atoms with Gasteiger partial charge in [0.1, 0.15) is 11.6 Å². The summed E-state index contributed by atoms with van der Waals surface area (Å²) in [6, 6.07) is 26.5. The molecule has 0 aliphatic carbocycles. The number of fused-ring (bicyclic) bond motifs is 1. The summed E-state index contributed by atoms with van der Waals surface area (Å²) in [5, 5.41) is 3.05. The van der Waals surface area contributed by atoms with Gasteiger partial charge in [-0.2, -0.15) is 0 Å². The number of ether oxygens (including phenoxy) is 1. The molecule has 5 heteroatoms. The smallest absolute Gasteiger partial charge is 0.224 e. The van der Waals surface area contributed by atoms with Crippen molar-refractivity contribution in [2.24, 2.45) is 0 Å². The standard InChI is InChI=1S/C31H37N3O2/c1-31(2,3)25-15-17-26(18-16-25)36-22-10-9-21-34-28-14-8-7-13-27(28)33-29(34)19-20-32-30(35)23-24-11-5-4-6-12-24/h4-8,11-18H,9-10,19-23H2,1-3H3,(H,32,35). The van der Waals surface area contributed by atoms with E-state index in [2.05, 4.69) is 67.1 Å². The van der Waals surface area contributed by atoms with Crippen LogP contribution in [0.4, 0.5) is 0 Å². The third-order valence-electron chi connectivity index (χ3n) is 6.38. The first-order valence-corrected chi connectivity index (χ1v) is 12.9. The Morgan fingerprint density at radius 2 is 1.64 bits per heavy atom. The maximum absolute atomic E-state index is 12.3. The number of carbonyl (C=O) groups excluding carboxylic acids is 1. The van der Waals surface area contributed by atoms with Gasteiger partial charge in [0.25, 0.3) is 0 Å². The van der Waals surface area contributed by atoms with Gasteiger partial charge >= 0.3 is 0 Å². The second-order valence-electron chi connectivity index (χ2n) is 10.3. The molecule has 0 spiro atoms. The summed E-state index contributed by atoms with van der Waals surface area (Å²) >= 11 is 0. The highest BCUT2D eigenvalue weighted by molar-refractivity contribution is 5.78. The van der Waals surface area contributed by atoms with E-state index in [4.69, 9.17) is 9.72 Å². The molecule has 0 bridgehead atoms. The van der Waals surface area contributed by atoms with Crippen LogP contribution < -0.4 is 10.1 Å². The molecule has 4 aromatic rings. The topological polar surface area (TPSA) is 56.1 Å². The number of aromatic nitrogens is 2. The zero-order valence-electron chi connectivity index (χ0n) is 21.7. The molecule has 1 N–H and O–H groups in total. The van der Waals surface area contributed by atoms with Crippen molar-refractivity contribution in [3.63, 3.8) is 0 Å². The van der Waals surface area contributed by atoms with Gasteiger partial charge in [0.15, 0.2) is 0 Å². The van der Waals surface area contributed by atoms with Gasteiger partial charge in [-0.25, -0.2) is 4.98 Å². The van der Waals surface area contributed by atoms with Gasteiger partial charge in [0.2, 0.25) is 5.91 Å². The quantitative estimate of drug-likeness (QED) is 0.263. The first-order valence-electron chi connectivity index (χ1n) is 12.9. The van der Waals surface area contributed by atoms with E-state index in [0.717, 1.165) is 47.6 Å². The minimum atomic E-state index is 0.0385. The lowest BCUT2D eigenvalue weighted by Crippen LogP contribution is -2.28. The molecule has 0 saturated heterocycles. The number of benzene rings is 3. The van der Waals surface area contributed by atoms with Gasteiger partial charge in [-0.1, -0.05) is 75.4 Å². The summed E-state index contributed by atoms with van der Waals surface area (Å²) < 4.78 is 8.27. The van der Waals surface area contributed by atoms with Crippen LogP contribution in [0.2, 0.25) is 0 Å². The highest BCUT2D eigenvalue weighted by Gasteiger charge is 2.13. The lowest BCUT2D eigenvalue weighted by molar-refractivity contribution is -0.120. The number of rotatable bonds is 11. The van der Waals surface area contributed by atoms with Crippen LogP contribution in [0.15, 0.2) is 78.9 Å². The number of hydrogen-bond donors (Lipinski definition) is 1. The molecule has 0 fully saturated rings. The fourth-order valence-electron chi connectivity index (χ4n) is 4.34. The lowest BCUT2D eigenvalue weighted by atomic mass is 9.87. The van der Waals surface area contributed by atoms with Crippen LogP contribution in [0.1, 0.15) is 50.6 Å². The molecule has 0 saturated carbocycles. The molecule has 1 amide bonds. The van der Waals surface area contributed by atoms with E-state index in [1.807, 2.05) is 42.5 Å². The molecule has 1 heterocycles. The Bertz CT molecular complexity index is 1250. The van der Waals surface area contributed by atoms with Crippen molar-refractivity contribution in [1.29, 1.82) is 0 Å². The number of nitrogens with one attached hydrogen (secondary N) is 1. The van der Waals surface area contributed by atoms with Crippen molar-refractivity contribution in [2.45, 2.75) is 58.4 Å². The number of aryl methyl sites for hydroxylation is 1. The minimum absolute atomic E-state index is 0.0385. The van der Waals surface area contributed by atoms with Crippen molar-refractivity contribution in [3.8, 4) is 5.75 Å². The zero-order valence-corrected chi connectivity index (χ0v) is 21.7. The predicted molar refractivity (Wildman–Crippen MR) is 146 cm³/mol. The Hall–Kier alpha value is -3.60. The van der Waals surface area contributed by atoms with Gasteiger partial charge in [-0.05, 0) is 53.6 Å². The number of amides is 1. The van der Waals surface area contributed by atoms with Gasteiger partial charge in [0, 0.05) is 19.5 Å². The van der Waals surface area contributed by atoms with Gasteiger partial charge in [-0.15, -0.1) is 0 Å². The van der Waals surface area contributed by atoms with Crippen molar-refractivity contribution in [2.75, 3.05) is 13.2 Å². The highest BCUT2D eigenvalue weighted by Crippen LogP contribution is 2.24. The largest absolute Gasteiger partial charge is 0.494 e. The first kappa shape index (κ1) is 25.5. The molecule has 5 nitrogen and oxygen atoms in total. The maximum atomic E-state index is 12.3. The van der Waals surface area contributed by atoms with Crippen molar-refractivity contribution in [3.05, 3.63) is 95.8 Å². The Morgan fingerprint density at radius 3 is 2.39 bits per heavy atom. The van der Waals surface area contributed by atoms with E-state index in [-0.39, 0.29) is 11.3 Å². The second kappa shape index (κ2) is 11.9. The van der Waals surface area contributed by atoms with Gasteiger partial charge in [-0.3, -0.25) is 4.79 Å². The Kier molecular flexibility index (Phi) is 8.42. The normalized spacial score (nSPS) is 11.5. The Labute approximate surface area is 214 Å². The summed E-state index contributed by atoms with van der Waals surface area (Å²) in [6.07, 6.45) is 3.05. The van der Waals surface area contributed by atoms with Gasteiger partial charge in [0.05, 0.1) is 24.1 Å². The van der Waals surface area contributed by atoms with E-state index >= 15 is 0 Å². The summed E-state index contributed by atoms with van der Waals surface area (Å²) in [4.78, 5) is 17.2. The Balaban J connectivity index is 1.28. The second-order valence-corrected chi connectivity index (χ2v) is 10.3. The molecule has 1 aromatic heterocycles. The highest BCUT2D eigenvalue weighted by atomic mass is 16.5. The van der Waals surface area contributed by atoms with Crippen LogP contribution in [0, 0.1) is 0 Å². The van der Waals surface area contributed by atoms with Crippen LogP contribution >= 0.6 is 0 Å². The van der Waals surface area contributed by atoms with Crippen LogP contribution in [-0.4, -0.2) is 28.6 Å². The summed E-state index contributed by atoms with van der Waals surface area (Å²) in [5.74, 6) is 1.97. The maximum Gasteiger partial charge on any atom is 0.224 e. The molecule has 0 aliphatic heterocycles. The zero-order chi connectivity index (χ0) is 25.4. The molecule has 188 valence electrons. The SMILES string of the molecule is CC(C)(C)c1ccc(OCCCCn2c(CCNC(=O)Cc3ccccc3)nc3ccccc32)cc1. The summed E-state index contributed by atoms with van der Waals surface area (Å²) in [6.45, 7) is 8.79. The van der Waals surface area contributed by atoms with Crippen molar-refractivity contribution in [1.82, 2.24) is 14.9 Å². The van der Waals surface area contributed by atoms with Crippen molar-refractivity contribution < 1.29 is 9.53 Å². The van der Waals surface area contributed by atoms with E-state index in [0.29, 0.717) is 26.0 Å². The number of carbonyl (C=O) groups is 1. The first-order chi connectivity index (χ1) is 17.4. The lowest BCUT2D eigenvalue weighted by Gasteiger charge is -2.19. The molecule has 0 radical (unpaired) electrons. The molecule has 0 aliphatic rings. The van der Waals surface area contributed by atoms with E-state index < -0.39 is 0 Å². The monoisotopic (exact) mass is 483 g/mol. The van der Waals surface area contributed by atoms with Crippen LogP contribution in [0.25, 0.3) is 11.0 Å². The Morgan fingerprint density at radius 1 is 0.917 bits per heavy atom. The molecule has 0 unspecified atom stereocenters. The molecule has 0 atom stereocenters. The van der Waals surface area contributed by atoms with E-state index in [1.54, 1.807) is 0 Å². The van der Waals surface area contributed by atoms with Crippen molar-refractivity contribution >= 4 is 16.9 Å². The molecular formula is C31H37N3O2. The van der Waals surface area contributed by atoms with E-state index in [1.165, 1.54) is 5.56 Å². The number of hydrogen-bond acceptors (Lipinski definition) is 3. The van der Waals surface area contributed by atoms with Crippen LogP contribution in [-0.2, 0) is 29.6 Å². The third kappa shape index (κ3) is 6.97. The number of unbranched alkanes of at least 4 members (excludes halogenated alkanes) is 1. The predicted octanol–water partition coefficient (Wildman–Crippen LogP) is 6.09. The molecular weight excluding hydrogens is 446 g/mol. The molecule has 3 aromatic carbocycles. The average molecular weight is 484 g/mol. The fourth-order valence-corrected chi connectivity index (χ4v) is 4.34. The summed E-state index contributed by atoms with van der Waals surface area (Å²) in [7, 11) is 0. The minimum Gasteiger partial charge on any atom is -0.494 e. The molecule has 36 heavy (non-hydrogen) atoms. The number of nitrogens with zero attached hydrogens (tertiary/aromatic N) is 2. The number of imidazole rings is 1. The van der Waals surface area contributed by atoms with Gasteiger partial charge < -0.3 is 14.6 Å². The number of para-hydroxylation sites is 2. The summed E-state index contributed by atoms with van der Waals surface area (Å²) in [5.41, 5.74) is 4.62. The van der Waals surface area contributed by atoms with E-state index in [9.17, 15) is 4.79 Å².